The summed E-state index contributed by atoms with van der Waals surface area (Å²) < 4.78 is 2.23. The van der Waals surface area contributed by atoms with Crippen LogP contribution in [-0.4, -0.2) is 15.6 Å². The van der Waals surface area contributed by atoms with Crippen LogP contribution in [0.2, 0.25) is 0 Å². The van der Waals surface area contributed by atoms with Crippen molar-refractivity contribution in [2.75, 3.05) is 0 Å². The van der Waals surface area contributed by atoms with Gasteiger partial charge in [-0.3, -0.25) is 0 Å². The predicted molar refractivity (Wildman–Crippen MR) is 86.9 cm³/mol. The Balaban J connectivity index is 1.84. The molecule has 0 unspecified atom stereocenters. The van der Waals surface area contributed by atoms with E-state index in [0.29, 0.717) is 5.56 Å². The van der Waals surface area contributed by atoms with E-state index in [1.165, 1.54) is 44.9 Å². The van der Waals surface area contributed by atoms with Gasteiger partial charge in [-0.1, -0.05) is 45.4 Å². The van der Waals surface area contributed by atoms with Crippen LogP contribution in [0.5, 0.6) is 0 Å². The molecule has 0 saturated carbocycles. The van der Waals surface area contributed by atoms with E-state index in [0.717, 1.165) is 17.4 Å². The summed E-state index contributed by atoms with van der Waals surface area (Å²) in [5.41, 5.74) is 1.49. The van der Waals surface area contributed by atoms with Crippen LogP contribution in [0.25, 0.3) is 10.9 Å². The minimum absolute atomic E-state index is 0.358. The molecule has 114 valence electrons. The van der Waals surface area contributed by atoms with Crippen LogP contribution in [-0.2, 0) is 6.54 Å². The van der Waals surface area contributed by atoms with Crippen molar-refractivity contribution in [3.8, 4) is 0 Å². The maximum atomic E-state index is 11.0. The number of benzene rings is 1. The number of aromatic nitrogens is 1. The number of aryl methyl sites for hydroxylation is 1. The molecular formula is C18H25NO2. The number of nitrogens with zero attached hydrogens (tertiary/aromatic N) is 1. The van der Waals surface area contributed by atoms with Gasteiger partial charge in [0.15, 0.2) is 0 Å². The molecule has 21 heavy (non-hydrogen) atoms. The van der Waals surface area contributed by atoms with Crippen molar-refractivity contribution < 1.29 is 9.90 Å². The third-order valence-corrected chi connectivity index (χ3v) is 4.02. The first-order valence-corrected chi connectivity index (χ1v) is 8.04. The summed E-state index contributed by atoms with van der Waals surface area (Å²) in [5.74, 6) is -0.864. The molecule has 1 aromatic carbocycles. The fourth-order valence-corrected chi connectivity index (χ4v) is 2.77. The van der Waals surface area contributed by atoms with Crippen molar-refractivity contribution in [3.63, 3.8) is 0 Å². The molecule has 2 aromatic rings. The van der Waals surface area contributed by atoms with Gasteiger partial charge in [0.05, 0.1) is 5.56 Å². The molecule has 2 rings (SSSR count). The van der Waals surface area contributed by atoms with Crippen LogP contribution in [0.15, 0.2) is 30.5 Å². The molecule has 1 N–H and O–H groups in total. The van der Waals surface area contributed by atoms with Crippen LogP contribution in [0.3, 0.4) is 0 Å². The number of aromatic carboxylic acids is 1. The minimum Gasteiger partial charge on any atom is -0.478 e. The van der Waals surface area contributed by atoms with Crippen LogP contribution in [0.4, 0.5) is 0 Å². The van der Waals surface area contributed by atoms with Crippen molar-refractivity contribution in [1.82, 2.24) is 4.57 Å². The Morgan fingerprint density at radius 3 is 2.48 bits per heavy atom. The molecule has 0 spiro atoms. The Morgan fingerprint density at radius 1 is 1.05 bits per heavy atom. The monoisotopic (exact) mass is 287 g/mol. The average Bonchev–Trinajstić information content (AvgIpc) is 2.88. The second-order valence-corrected chi connectivity index (χ2v) is 5.71. The fraction of sp³-hybridized carbons (Fsp3) is 0.500. The van der Waals surface area contributed by atoms with Crippen molar-refractivity contribution in [2.24, 2.45) is 0 Å². The summed E-state index contributed by atoms with van der Waals surface area (Å²) in [4.78, 5) is 11.0. The molecule has 3 heteroatoms. The van der Waals surface area contributed by atoms with Crippen molar-refractivity contribution in [2.45, 2.75) is 58.4 Å². The zero-order valence-corrected chi connectivity index (χ0v) is 12.8. The van der Waals surface area contributed by atoms with E-state index in [-0.39, 0.29) is 0 Å². The van der Waals surface area contributed by atoms with Gasteiger partial charge in [-0.2, -0.15) is 0 Å². The molecule has 1 heterocycles. The second kappa shape index (κ2) is 7.87. The van der Waals surface area contributed by atoms with E-state index >= 15 is 0 Å². The number of hydrogen-bond acceptors (Lipinski definition) is 1. The number of carboxylic acids is 1. The molecule has 0 amide bonds. The molecule has 0 atom stereocenters. The fourth-order valence-electron chi connectivity index (χ4n) is 2.77. The Hall–Kier alpha value is -1.77. The van der Waals surface area contributed by atoms with E-state index in [4.69, 9.17) is 5.11 Å². The third kappa shape index (κ3) is 4.35. The zero-order valence-electron chi connectivity index (χ0n) is 12.8. The molecule has 0 aliphatic rings. The van der Waals surface area contributed by atoms with Gasteiger partial charge in [0.25, 0.3) is 0 Å². The molecule has 0 radical (unpaired) electrons. The Bertz CT molecular complexity index is 586. The van der Waals surface area contributed by atoms with Gasteiger partial charge in [-0.15, -0.1) is 0 Å². The highest BCUT2D eigenvalue weighted by molar-refractivity contribution is 5.93. The van der Waals surface area contributed by atoms with Gasteiger partial charge in [0.2, 0.25) is 0 Å². The lowest BCUT2D eigenvalue weighted by Gasteiger charge is -2.06. The average molecular weight is 287 g/mol. The Labute approximate surface area is 126 Å². The summed E-state index contributed by atoms with van der Waals surface area (Å²) in [6.45, 7) is 3.26. The summed E-state index contributed by atoms with van der Waals surface area (Å²) in [6.07, 6.45) is 11.2. The lowest BCUT2D eigenvalue weighted by molar-refractivity contribution is 0.0697. The van der Waals surface area contributed by atoms with Crippen molar-refractivity contribution in [3.05, 3.63) is 36.0 Å². The van der Waals surface area contributed by atoms with Gasteiger partial charge in [-0.25, -0.2) is 4.79 Å². The summed E-state index contributed by atoms with van der Waals surface area (Å²) in [5, 5.41) is 10.0. The lowest BCUT2D eigenvalue weighted by Crippen LogP contribution is -1.98. The zero-order chi connectivity index (χ0) is 15.1. The van der Waals surface area contributed by atoms with Gasteiger partial charge in [0, 0.05) is 23.6 Å². The molecule has 0 aliphatic carbocycles. The molecule has 0 bridgehead atoms. The van der Waals surface area contributed by atoms with E-state index in [1.54, 1.807) is 12.1 Å². The maximum Gasteiger partial charge on any atom is 0.335 e. The van der Waals surface area contributed by atoms with Crippen molar-refractivity contribution >= 4 is 16.9 Å². The van der Waals surface area contributed by atoms with Crippen LogP contribution >= 0.6 is 0 Å². The summed E-state index contributed by atoms with van der Waals surface area (Å²) in [6, 6.07) is 7.36. The number of fused-ring (bicyclic) bond motifs is 1. The Kier molecular flexibility index (Phi) is 5.85. The van der Waals surface area contributed by atoms with Crippen molar-refractivity contribution in [1.29, 1.82) is 0 Å². The maximum absolute atomic E-state index is 11.0. The highest BCUT2D eigenvalue weighted by atomic mass is 16.4. The molecule has 1 aromatic heterocycles. The first-order chi connectivity index (χ1) is 10.2. The van der Waals surface area contributed by atoms with Gasteiger partial charge in [-0.05, 0) is 30.7 Å². The number of carboxylic acid groups (broad SMARTS) is 1. The van der Waals surface area contributed by atoms with Gasteiger partial charge >= 0.3 is 5.97 Å². The number of rotatable bonds is 9. The molecular weight excluding hydrogens is 262 g/mol. The molecule has 0 fully saturated rings. The first kappa shape index (κ1) is 15.6. The largest absolute Gasteiger partial charge is 0.478 e. The highest BCUT2D eigenvalue weighted by Crippen LogP contribution is 2.19. The highest BCUT2D eigenvalue weighted by Gasteiger charge is 2.06. The minimum atomic E-state index is -0.864. The van der Waals surface area contributed by atoms with E-state index in [9.17, 15) is 4.79 Å². The predicted octanol–water partition coefficient (Wildman–Crippen LogP) is 5.09. The molecule has 0 aliphatic heterocycles. The molecule has 0 saturated heterocycles. The number of hydrogen-bond donors (Lipinski definition) is 1. The Morgan fingerprint density at radius 2 is 1.76 bits per heavy atom. The first-order valence-electron chi connectivity index (χ1n) is 8.04. The van der Waals surface area contributed by atoms with Gasteiger partial charge < -0.3 is 9.67 Å². The quantitative estimate of drug-likeness (QED) is 0.653. The van der Waals surface area contributed by atoms with E-state index in [2.05, 4.69) is 17.7 Å². The van der Waals surface area contributed by atoms with E-state index in [1.807, 2.05) is 12.1 Å². The smallest absolute Gasteiger partial charge is 0.335 e. The lowest BCUT2D eigenvalue weighted by atomic mass is 10.1. The SMILES string of the molecule is CCCCCCCCCn1ccc2cc(C(=O)O)ccc21. The van der Waals surface area contributed by atoms with Crippen LogP contribution in [0.1, 0.15) is 62.2 Å². The number of unbranched alkanes of at least 4 members (excludes halogenated alkanes) is 6. The third-order valence-electron chi connectivity index (χ3n) is 4.02. The van der Waals surface area contributed by atoms with Crippen LogP contribution in [0, 0.1) is 0 Å². The molecule has 3 nitrogen and oxygen atoms in total. The summed E-state index contributed by atoms with van der Waals surface area (Å²) in [7, 11) is 0. The van der Waals surface area contributed by atoms with Gasteiger partial charge in [0.1, 0.15) is 0 Å². The topological polar surface area (TPSA) is 42.2 Å². The standard InChI is InChI=1S/C18H25NO2/c1-2-3-4-5-6-7-8-12-19-13-11-15-14-16(18(20)21)9-10-17(15)19/h9-11,13-14H,2-8,12H2,1H3,(H,20,21). The van der Waals surface area contributed by atoms with E-state index < -0.39 is 5.97 Å². The normalized spacial score (nSPS) is 11.1. The summed E-state index contributed by atoms with van der Waals surface area (Å²) >= 11 is 0. The number of carbonyl (C=O) groups is 1. The second-order valence-electron chi connectivity index (χ2n) is 5.71. The van der Waals surface area contributed by atoms with Crippen LogP contribution < -0.4 is 0 Å².